The van der Waals surface area contributed by atoms with Crippen LogP contribution in [-0.4, -0.2) is 97.7 Å². The number of nitrogens with zero attached hydrogens (tertiary/aromatic N) is 3. The molecule has 2 atom stereocenters. The van der Waals surface area contributed by atoms with E-state index in [-0.39, 0.29) is 55.5 Å². The number of amides is 1. The van der Waals surface area contributed by atoms with Gasteiger partial charge in [0.2, 0.25) is 18.0 Å². The molecule has 2 aromatic rings. The van der Waals surface area contributed by atoms with Crippen molar-refractivity contribution in [2.75, 3.05) is 47.3 Å². The number of hydrogen-bond donors (Lipinski definition) is 0. The topological polar surface area (TPSA) is 143 Å². The Hall–Kier alpha value is -4.37. The fourth-order valence-corrected chi connectivity index (χ4v) is 4.58. The molecule has 13 nitrogen and oxygen atoms in total. The van der Waals surface area contributed by atoms with Gasteiger partial charge in [-0.05, 0) is 39.1 Å². The molecule has 0 unspecified atom stereocenters. The largest absolute Gasteiger partial charge is 0.511 e. The van der Waals surface area contributed by atoms with Crippen LogP contribution in [0.4, 0.5) is 13.6 Å². The maximum absolute atomic E-state index is 14.1. The van der Waals surface area contributed by atoms with Crippen molar-refractivity contribution >= 4 is 23.8 Å². The van der Waals surface area contributed by atoms with Gasteiger partial charge in [-0.2, -0.15) is 0 Å². The number of Topliss-reactive ketones (excluding diaryl/α,β-unsaturated/α-hetero) is 1. The molecule has 3 heterocycles. The molecule has 1 fully saturated rings. The average molecular weight is 608 g/mol. The summed E-state index contributed by atoms with van der Waals surface area (Å²) in [5, 5.41) is 0. The highest BCUT2D eigenvalue weighted by molar-refractivity contribution is 6.00. The van der Waals surface area contributed by atoms with Gasteiger partial charge >= 0.3 is 12.1 Å². The lowest BCUT2D eigenvalue weighted by Gasteiger charge is -2.34. The summed E-state index contributed by atoms with van der Waals surface area (Å²) in [6.07, 6.45) is -1.16. The zero-order valence-corrected chi connectivity index (χ0v) is 23.8. The van der Waals surface area contributed by atoms with Crippen LogP contribution in [0.15, 0.2) is 29.2 Å². The molecule has 0 bridgehead atoms. The molecule has 1 amide bonds. The van der Waals surface area contributed by atoms with Gasteiger partial charge in [-0.3, -0.25) is 14.4 Å². The summed E-state index contributed by atoms with van der Waals surface area (Å²) in [7, 11) is 3.58. The molecule has 232 valence electrons. The third kappa shape index (κ3) is 7.53. The maximum atomic E-state index is 14.1. The number of aryl methyl sites for hydroxylation is 1. The molecule has 0 aliphatic carbocycles. The highest BCUT2D eigenvalue weighted by Gasteiger charge is 2.43. The Morgan fingerprint density at radius 3 is 2.60 bits per heavy atom. The number of carbonyl (C=O) groups is 4. The summed E-state index contributed by atoms with van der Waals surface area (Å²) in [5.41, 5.74) is -1.40. The first kappa shape index (κ1) is 31.6. The van der Waals surface area contributed by atoms with Crippen molar-refractivity contribution in [3.8, 4) is 5.75 Å². The predicted molar refractivity (Wildman–Crippen MR) is 143 cm³/mol. The standard InChI is InChI=1S/C28H31F2N3O10/c1-16-13-40-22-12-32-11-19(21(34)7-5-17-4-6-18(29)10-20(17)30)25(36)26(24(32)27(37)33(16)22)42-15-43-28(38)41-14-23(35)39-9-8-31(2)3/h4,6,10-11,16,22H,5,7-9,12-15H2,1-3H3/t16-,22+/m0/s1. The second-order valence-corrected chi connectivity index (χ2v) is 10.2. The minimum atomic E-state index is -1.31. The van der Waals surface area contributed by atoms with Crippen molar-refractivity contribution in [3.63, 3.8) is 0 Å². The van der Waals surface area contributed by atoms with Gasteiger partial charge in [-0.1, -0.05) is 6.07 Å². The molecule has 43 heavy (non-hydrogen) atoms. The molecule has 1 aromatic carbocycles. The molecule has 2 aliphatic heterocycles. The van der Waals surface area contributed by atoms with Gasteiger partial charge in [0.15, 0.2) is 24.3 Å². The number of ketones is 1. The highest BCUT2D eigenvalue weighted by atomic mass is 19.1. The van der Waals surface area contributed by atoms with E-state index in [0.717, 1.165) is 6.07 Å². The molecule has 0 N–H and O–H groups in total. The summed E-state index contributed by atoms with van der Waals surface area (Å²) < 4.78 is 54.2. The second-order valence-electron chi connectivity index (χ2n) is 10.2. The number of halogens is 2. The monoisotopic (exact) mass is 607 g/mol. The molecule has 1 saturated heterocycles. The van der Waals surface area contributed by atoms with Gasteiger partial charge in [-0.25, -0.2) is 18.4 Å². The Labute approximate surface area is 244 Å². The number of hydrogen-bond acceptors (Lipinski definition) is 11. The zero-order chi connectivity index (χ0) is 31.3. The molecule has 4 rings (SSSR count). The first-order valence-corrected chi connectivity index (χ1v) is 13.4. The van der Waals surface area contributed by atoms with E-state index in [1.165, 1.54) is 21.7 Å². The van der Waals surface area contributed by atoms with E-state index in [4.69, 9.17) is 18.9 Å². The van der Waals surface area contributed by atoms with Crippen molar-refractivity contribution < 1.29 is 51.6 Å². The van der Waals surface area contributed by atoms with Crippen molar-refractivity contribution in [3.05, 3.63) is 63.1 Å². The van der Waals surface area contributed by atoms with E-state index < -0.39 is 66.3 Å². The van der Waals surface area contributed by atoms with Crippen molar-refractivity contribution in [2.45, 2.75) is 38.6 Å². The minimum Gasteiger partial charge on any atom is -0.462 e. The average Bonchev–Trinajstić information content (AvgIpc) is 3.32. The first-order chi connectivity index (χ1) is 20.5. The second kappa shape index (κ2) is 13.7. The van der Waals surface area contributed by atoms with Crippen LogP contribution in [0.1, 0.15) is 39.8 Å². The molecule has 1 aromatic heterocycles. The number of pyridine rings is 1. The normalized spacial score (nSPS) is 17.3. The Bertz CT molecular complexity index is 1460. The van der Waals surface area contributed by atoms with Gasteiger partial charge in [0.25, 0.3) is 5.91 Å². The Morgan fingerprint density at radius 2 is 1.88 bits per heavy atom. The van der Waals surface area contributed by atoms with Crippen LogP contribution in [0.2, 0.25) is 0 Å². The summed E-state index contributed by atoms with van der Waals surface area (Å²) >= 11 is 0. The van der Waals surface area contributed by atoms with Crippen molar-refractivity contribution in [1.29, 1.82) is 0 Å². The summed E-state index contributed by atoms with van der Waals surface area (Å²) in [6.45, 7) is 1.04. The highest BCUT2D eigenvalue weighted by Crippen LogP contribution is 2.30. The van der Waals surface area contributed by atoms with Gasteiger partial charge in [0.1, 0.15) is 18.2 Å². The van der Waals surface area contributed by atoms with E-state index in [9.17, 15) is 32.8 Å². The number of aromatic nitrogens is 1. The number of benzene rings is 1. The van der Waals surface area contributed by atoms with Crippen LogP contribution in [0, 0.1) is 11.6 Å². The first-order valence-electron chi connectivity index (χ1n) is 13.4. The van der Waals surface area contributed by atoms with Crippen LogP contribution < -0.4 is 10.2 Å². The lowest BCUT2D eigenvalue weighted by Crippen LogP contribution is -2.49. The van der Waals surface area contributed by atoms with Gasteiger partial charge in [0.05, 0.1) is 24.8 Å². The van der Waals surface area contributed by atoms with Crippen LogP contribution >= 0.6 is 0 Å². The van der Waals surface area contributed by atoms with Crippen molar-refractivity contribution in [2.24, 2.45) is 0 Å². The van der Waals surface area contributed by atoms with Gasteiger partial charge in [0, 0.05) is 25.2 Å². The lowest BCUT2D eigenvalue weighted by molar-refractivity contribution is -0.148. The van der Waals surface area contributed by atoms with E-state index in [1.54, 1.807) is 25.9 Å². The van der Waals surface area contributed by atoms with E-state index in [2.05, 4.69) is 4.74 Å². The Morgan fingerprint density at radius 1 is 1.12 bits per heavy atom. The molecular weight excluding hydrogens is 576 g/mol. The smallest absolute Gasteiger partial charge is 0.462 e. The summed E-state index contributed by atoms with van der Waals surface area (Å²) in [4.78, 5) is 66.9. The van der Waals surface area contributed by atoms with E-state index in [1.807, 2.05) is 0 Å². The molecule has 15 heteroatoms. The van der Waals surface area contributed by atoms with Crippen LogP contribution in [-0.2, 0) is 36.7 Å². The van der Waals surface area contributed by atoms with Crippen LogP contribution in [0.3, 0.4) is 0 Å². The molecule has 2 aliphatic rings. The number of esters is 1. The van der Waals surface area contributed by atoms with Crippen LogP contribution in [0.5, 0.6) is 5.75 Å². The number of ether oxygens (including phenoxy) is 5. The number of rotatable bonds is 12. The molecule has 0 spiro atoms. The molecule has 0 saturated carbocycles. The van der Waals surface area contributed by atoms with Gasteiger partial charge < -0.3 is 38.1 Å². The Kier molecular flexibility index (Phi) is 10.1. The third-order valence-electron chi connectivity index (χ3n) is 6.77. The van der Waals surface area contributed by atoms with E-state index >= 15 is 0 Å². The van der Waals surface area contributed by atoms with Crippen molar-refractivity contribution in [1.82, 2.24) is 14.4 Å². The quantitative estimate of drug-likeness (QED) is 0.198. The molecule has 0 radical (unpaired) electrons. The van der Waals surface area contributed by atoms with Crippen LogP contribution in [0.25, 0.3) is 0 Å². The third-order valence-corrected chi connectivity index (χ3v) is 6.77. The SMILES string of the molecule is C[C@H]1CO[C@@H]2Cn3cc(C(=O)CCc4ccc(F)cc4F)c(=O)c(OCOC(=O)OCC(=O)OCCN(C)C)c3C(=O)N12. The maximum Gasteiger partial charge on any atom is 0.511 e. The fourth-order valence-electron chi connectivity index (χ4n) is 4.58. The summed E-state index contributed by atoms with van der Waals surface area (Å²) in [6, 6.07) is 2.66. The fraction of sp³-hybridized carbons (Fsp3) is 0.464. The Balaban J connectivity index is 1.49. The predicted octanol–water partition coefficient (Wildman–Crippen LogP) is 1.74. The zero-order valence-electron chi connectivity index (χ0n) is 23.8. The number of likely N-dealkylation sites (N-methyl/N-ethyl adjacent to an activating group) is 1. The lowest BCUT2D eigenvalue weighted by atomic mass is 10.0. The molecular formula is C28H31F2N3O10. The summed E-state index contributed by atoms with van der Waals surface area (Å²) in [5.74, 6) is -4.22. The number of carbonyl (C=O) groups excluding carboxylic acids is 4. The number of fused-ring (bicyclic) bond motifs is 2. The van der Waals surface area contributed by atoms with E-state index in [0.29, 0.717) is 12.6 Å². The van der Waals surface area contributed by atoms with Gasteiger partial charge in [-0.15, -0.1) is 0 Å². The minimum absolute atomic E-state index is 0.0771.